The van der Waals surface area contributed by atoms with Gasteiger partial charge in [-0.1, -0.05) is 11.6 Å². The van der Waals surface area contributed by atoms with Gasteiger partial charge in [0.25, 0.3) is 0 Å². The molecule has 0 spiro atoms. The van der Waals surface area contributed by atoms with Crippen LogP contribution in [-0.2, 0) is 6.54 Å². The van der Waals surface area contributed by atoms with E-state index in [-0.39, 0.29) is 5.78 Å². The summed E-state index contributed by atoms with van der Waals surface area (Å²) in [6.45, 7) is 3.26. The summed E-state index contributed by atoms with van der Waals surface area (Å²) in [5.41, 5.74) is 1.51. The Bertz CT molecular complexity index is 552. The number of aryl methyl sites for hydroxylation is 1. The van der Waals surface area contributed by atoms with Gasteiger partial charge in [-0.15, -0.1) is 0 Å². The highest BCUT2D eigenvalue weighted by molar-refractivity contribution is 6.31. The van der Waals surface area contributed by atoms with Crippen molar-refractivity contribution >= 4 is 23.1 Å². The highest BCUT2D eigenvalue weighted by atomic mass is 35.5. The Morgan fingerprint density at radius 1 is 1.42 bits per heavy atom. The SMILES string of the molecule is CC(=O)c1cc(Cl)cc(NCCCn2ccnc2)c1. The van der Waals surface area contributed by atoms with E-state index in [0.29, 0.717) is 10.6 Å². The van der Waals surface area contributed by atoms with Crippen molar-refractivity contribution in [1.29, 1.82) is 0 Å². The number of carbonyl (C=O) groups excluding carboxylic acids is 1. The van der Waals surface area contributed by atoms with Crippen molar-refractivity contribution in [1.82, 2.24) is 9.55 Å². The monoisotopic (exact) mass is 277 g/mol. The molecule has 0 bridgehead atoms. The Balaban J connectivity index is 1.87. The first-order valence-electron chi connectivity index (χ1n) is 6.16. The fourth-order valence-electron chi connectivity index (χ4n) is 1.81. The van der Waals surface area contributed by atoms with Gasteiger partial charge < -0.3 is 9.88 Å². The fourth-order valence-corrected chi connectivity index (χ4v) is 2.04. The normalized spacial score (nSPS) is 10.4. The van der Waals surface area contributed by atoms with E-state index >= 15 is 0 Å². The molecule has 0 fully saturated rings. The van der Waals surface area contributed by atoms with Gasteiger partial charge in [-0.2, -0.15) is 0 Å². The quantitative estimate of drug-likeness (QED) is 0.651. The van der Waals surface area contributed by atoms with Crippen LogP contribution in [0.3, 0.4) is 0 Å². The van der Waals surface area contributed by atoms with Crippen LogP contribution < -0.4 is 5.32 Å². The minimum Gasteiger partial charge on any atom is -0.385 e. The molecule has 2 aromatic rings. The van der Waals surface area contributed by atoms with Crippen LogP contribution in [0.15, 0.2) is 36.9 Å². The molecule has 100 valence electrons. The lowest BCUT2D eigenvalue weighted by atomic mass is 10.1. The number of Topliss-reactive ketones (excluding diaryl/α,β-unsaturated/α-hetero) is 1. The molecule has 1 aromatic heterocycles. The number of hydrogen-bond donors (Lipinski definition) is 1. The first kappa shape index (κ1) is 13.6. The van der Waals surface area contributed by atoms with Crippen LogP contribution in [0.25, 0.3) is 0 Å². The third-order valence-electron chi connectivity index (χ3n) is 2.79. The van der Waals surface area contributed by atoms with Gasteiger partial charge in [0.15, 0.2) is 5.78 Å². The van der Waals surface area contributed by atoms with Gasteiger partial charge in [-0.3, -0.25) is 4.79 Å². The molecule has 4 nitrogen and oxygen atoms in total. The van der Waals surface area contributed by atoms with Gasteiger partial charge >= 0.3 is 0 Å². The van der Waals surface area contributed by atoms with Gasteiger partial charge in [-0.25, -0.2) is 4.98 Å². The molecular formula is C14H16ClN3O. The predicted octanol–water partition coefficient (Wildman–Crippen LogP) is 3.24. The van der Waals surface area contributed by atoms with Gasteiger partial charge in [0.1, 0.15) is 0 Å². The Hall–Kier alpha value is -1.81. The number of hydrogen-bond acceptors (Lipinski definition) is 3. The third kappa shape index (κ3) is 4.10. The largest absolute Gasteiger partial charge is 0.385 e. The molecule has 0 aliphatic heterocycles. The maximum atomic E-state index is 11.3. The number of carbonyl (C=O) groups is 1. The lowest BCUT2D eigenvalue weighted by Crippen LogP contribution is -2.06. The van der Waals surface area contributed by atoms with Crippen molar-refractivity contribution in [3.63, 3.8) is 0 Å². The van der Waals surface area contributed by atoms with E-state index in [2.05, 4.69) is 10.3 Å². The van der Waals surface area contributed by atoms with Crippen LogP contribution in [0.1, 0.15) is 23.7 Å². The Morgan fingerprint density at radius 3 is 2.95 bits per heavy atom. The smallest absolute Gasteiger partial charge is 0.159 e. The number of ketones is 1. The highest BCUT2D eigenvalue weighted by Gasteiger charge is 2.03. The van der Waals surface area contributed by atoms with Crippen molar-refractivity contribution in [2.45, 2.75) is 19.9 Å². The van der Waals surface area contributed by atoms with Crippen molar-refractivity contribution < 1.29 is 4.79 Å². The highest BCUT2D eigenvalue weighted by Crippen LogP contribution is 2.19. The fraction of sp³-hybridized carbons (Fsp3) is 0.286. The lowest BCUT2D eigenvalue weighted by Gasteiger charge is -2.08. The molecular weight excluding hydrogens is 262 g/mol. The molecule has 0 saturated heterocycles. The molecule has 1 heterocycles. The van der Waals surface area contributed by atoms with Crippen molar-refractivity contribution in [2.75, 3.05) is 11.9 Å². The summed E-state index contributed by atoms with van der Waals surface area (Å²) in [5.74, 6) is 0.0176. The third-order valence-corrected chi connectivity index (χ3v) is 3.00. The van der Waals surface area contributed by atoms with Crippen LogP contribution in [0.4, 0.5) is 5.69 Å². The zero-order chi connectivity index (χ0) is 13.7. The second-order valence-electron chi connectivity index (χ2n) is 4.37. The number of nitrogens with zero attached hydrogens (tertiary/aromatic N) is 2. The summed E-state index contributed by atoms with van der Waals surface area (Å²) >= 11 is 5.98. The number of rotatable bonds is 6. The van der Waals surface area contributed by atoms with E-state index in [9.17, 15) is 4.79 Å². The van der Waals surface area contributed by atoms with E-state index in [1.807, 2.05) is 22.9 Å². The van der Waals surface area contributed by atoms with E-state index in [1.54, 1.807) is 18.6 Å². The molecule has 19 heavy (non-hydrogen) atoms. The number of aromatic nitrogens is 2. The second-order valence-corrected chi connectivity index (χ2v) is 4.80. The lowest BCUT2D eigenvalue weighted by molar-refractivity contribution is 0.101. The average Bonchev–Trinajstić information content (AvgIpc) is 2.87. The molecule has 0 atom stereocenters. The molecule has 2 rings (SSSR count). The van der Waals surface area contributed by atoms with Crippen molar-refractivity contribution in [2.24, 2.45) is 0 Å². The summed E-state index contributed by atoms with van der Waals surface area (Å²) in [6, 6.07) is 5.33. The Kier molecular flexibility index (Phi) is 4.58. The molecule has 1 N–H and O–H groups in total. The van der Waals surface area contributed by atoms with E-state index in [1.165, 1.54) is 6.92 Å². The number of anilines is 1. The molecule has 0 saturated carbocycles. The maximum absolute atomic E-state index is 11.3. The van der Waals surface area contributed by atoms with Crippen LogP contribution >= 0.6 is 11.6 Å². The molecule has 0 radical (unpaired) electrons. The van der Waals surface area contributed by atoms with Crippen molar-refractivity contribution in [3.05, 3.63) is 47.5 Å². The van der Waals surface area contributed by atoms with Crippen LogP contribution in [0.5, 0.6) is 0 Å². The zero-order valence-electron chi connectivity index (χ0n) is 10.8. The molecule has 0 aliphatic carbocycles. The van der Waals surface area contributed by atoms with Gasteiger partial charge in [0.2, 0.25) is 0 Å². The van der Waals surface area contributed by atoms with Crippen LogP contribution in [0, 0.1) is 0 Å². The number of benzene rings is 1. The standard InChI is InChI=1S/C14H16ClN3O/c1-11(19)12-7-13(15)9-14(8-12)17-3-2-5-18-6-4-16-10-18/h4,6-10,17H,2-3,5H2,1H3. The summed E-state index contributed by atoms with van der Waals surface area (Å²) < 4.78 is 2.03. The summed E-state index contributed by atoms with van der Waals surface area (Å²) in [7, 11) is 0. The first-order valence-corrected chi connectivity index (χ1v) is 6.54. The van der Waals surface area contributed by atoms with E-state index in [4.69, 9.17) is 11.6 Å². The van der Waals surface area contributed by atoms with E-state index in [0.717, 1.165) is 25.2 Å². The van der Waals surface area contributed by atoms with Crippen molar-refractivity contribution in [3.8, 4) is 0 Å². The number of nitrogens with one attached hydrogen (secondary N) is 1. The second kappa shape index (κ2) is 6.38. The maximum Gasteiger partial charge on any atom is 0.159 e. The first-order chi connectivity index (χ1) is 9.15. The zero-order valence-corrected chi connectivity index (χ0v) is 11.5. The minimum absolute atomic E-state index is 0.0176. The van der Waals surface area contributed by atoms with Gasteiger partial charge in [-0.05, 0) is 31.5 Å². The minimum atomic E-state index is 0.0176. The number of imidazole rings is 1. The number of halogens is 1. The predicted molar refractivity (Wildman–Crippen MR) is 76.8 cm³/mol. The summed E-state index contributed by atoms with van der Waals surface area (Å²) in [5, 5.41) is 3.85. The van der Waals surface area contributed by atoms with E-state index < -0.39 is 0 Å². The molecule has 0 unspecified atom stereocenters. The molecule has 1 aromatic carbocycles. The van der Waals surface area contributed by atoms with Crippen LogP contribution in [-0.4, -0.2) is 21.9 Å². The van der Waals surface area contributed by atoms with Gasteiger partial charge in [0.05, 0.1) is 6.33 Å². The van der Waals surface area contributed by atoms with Gasteiger partial charge in [0, 0.05) is 41.8 Å². The topological polar surface area (TPSA) is 46.9 Å². The molecule has 0 amide bonds. The molecule has 5 heteroatoms. The average molecular weight is 278 g/mol. The van der Waals surface area contributed by atoms with Crippen LogP contribution in [0.2, 0.25) is 5.02 Å². The summed E-state index contributed by atoms with van der Waals surface area (Å²) in [4.78, 5) is 15.3. The molecule has 0 aliphatic rings. The summed E-state index contributed by atoms with van der Waals surface area (Å²) in [6.07, 6.45) is 6.47. The Labute approximate surface area is 117 Å². The Morgan fingerprint density at radius 2 is 2.26 bits per heavy atom.